The van der Waals surface area contributed by atoms with Crippen molar-refractivity contribution >= 4 is 34.9 Å². The molecule has 0 aliphatic carbocycles. The van der Waals surface area contributed by atoms with Gasteiger partial charge in [-0.3, -0.25) is 4.79 Å². The average molecular weight is 557 g/mol. The Labute approximate surface area is 232 Å². The van der Waals surface area contributed by atoms with Crippen LogP contribution in [0.25, 0.3) is 11.1 Å². The molecule has 2 N–H and O–H groups in total. The van der Waals surface area contributed by atoms with Crippen molar-refractivity contribution in [1.82, 2.24) is 14.8 Å². The second-order valence-electron chi connectivity index (χ2n) is 9.87. The Hall–Kier alpha value is -2.87. The number of halogens is 3. The lowest BCUT2D eigenvalue weighted by molar-refractivity contribution is 0.0644. The summed E-state index contributed by atoms with van der Waals surface area (Å²) >= 11 is 12.2. The Morgan fingerprint density at radius 1 is 1.03 bits per heavy atom. The molecule has 5 rings (SSSR count). The summed E-state index contributed by atoms with van der Waals surface area (Å²) in [5, 5.41) is 0.372. The lowest BCUT2D eigenvalue weighted by Gasteiger charge is -2.36. The minimum Gasteiger partial charge on any atom is -0.489 e. The molecule has 0 unspecified atom stereocenters. The lowest BCUT2D eigenvalue weighted by atomic mass is 10.0. The summed E-state index contributed by atoms with van der Waals surface area (Å²) in [7, 11) is 0. The lowest BCUT2D eigenvalue weighted by Crippen LogP contribution is -2.45. The van der Waals surface area contributed by atoms with Crippen LogP contribution in [0.15, 0.2) is 48.7 Å². The number of hydrogen-bond donors (Lipinski definition) is 1. The molecule has 2 fully saturated rings. The number of anilines is 1. The highest BCUT2D eigenvalue weighted by Crippen LogP contribution is 2.30. The first-order chi connectivity index (χ1) is 18.4. The van der Waals surface area contributed by atoms with Crippen LogP contribution in [0, 0.1) is 5.82 Å². The van der Waals surface area contributed by atoms with Gasteiger partial charge in [0, 0.05) is 47.9 Å². The molecule has 0 radical (unpaired) electrons. The first-order valence-electron chi connectivity index (χ1n) is 13.0. The molecular formula is C29H31Cl2FN4O2. The number of benzene rings is 2. The van der Waals surface area contributed by atoms with Crippen LogP contribution in [0.1, 0.15) is 41.6 Å². The molecule has 9 heteroatoms. The van der Waals surface area contributed by atoms with E-state index in [0.29, 0.717) is 34.4 Å². The highest BCUT2D eigenvalue weighted by atomic mass is 35.5. The van der Waals surface area contributed by atoms with Crippen LogP contribution in [0.4, 0.5) is 10.2 Å². The maximum absolute atomic E-state index is 13.8. The molecule has 6 nitrogen and oxygen atoms in total. The van der Waals surface area contributed by atoms with E-state index in [2.05, 4.69) is 9.88 Å². The van der Waals surface area contributed by atoms with E-state index in [1.165, 1.54) is 38.1 Å². The van der Waals surface area contributed by atoms with E-state index in [4.69, 9.17) is 33.7 Å². The molecule has 2 aliphatic rings. The zero-order valence-corrected chi connectivity index (χ0v) is 22.6. The molecular weight excluding hydrogens is 526 g/mol. The predicted octanol–water partition coefficient (Wildman–Crippen LogP) is 6.10. The Morgan fingerprint density at radius 3 is 2.45 bits per heavy atom. The number of ether oxygens (including phenoxy) is 1. The number of pyridine rings is 1. The van der Waals surface area contributed by atoms with Gasteiger partial charge in [0.25, 0.3) is 5.91 Å². The zero-order valence-electron chi connectivity index (χ0n) is 21.1. The van der Waals surface area contributed by atoms with Gasteiger partial charge in [-0.2, -0.15) is 0 Å². The predicted molar refractivity (Wildman–Crippen MR) is 149 cm³/mol. The van der Waals surface area contributed by atoms with E-state index < -0.39 is 5.82 Å². The summed E-state index contributed by atoms with van der Waals surface area (Å²) in [6.07, 6.45) is 6.65. The maximum atomic E-state index is 13.8. The summed E-state index contributed by atoms with van der Waals surface area (Å²) in [5.41, 5.74) is 8.88. The normalized spacial score (nSPS) is 16.7. The van der Waals surface area contributed by atoms with Crippen molar-refractivity contribution < 1.29 is 13.9 Å². The molecule has 0 bridgehead atoms. The molecule has 0 atom stereocenters. The largest absolute Gasteiger partial charge is 0.489 e. The standard InChI is InChI=1S/C29H31Cl2FN4O2/c30-24-7-8-25(32)27(31)23(24)11-16-38-26-17-21(18-34-28(26)33)19-3-5-20(6-4-19)29(37)36-14-9-22(10-15-36)35-12-1-2-13-35/h3-8,17-18,22H,1-2,9-16H2,(H2,33,34). The minimum atomic E-state index is -0.525. The monoisotopic (exact) mass is 556 g/mol. The molecule has 1 aromatic heterocycles. The quantitative estimate of drug-likeness (QED) is 0.356. The number of carbonyl (C=O) groups is 1. The van der Waals surface area contributed by atoms with Crippen molar-refractivity contribution in [3.05, 3.63) is 75.7 Å². The summed E-state index contributed by atoms with van der Waals surface area (Å²) in [4.78, 5) is 21.9. The summed E-state index contributed by atoms with van der Waals surface area (Å²) in [6, 6.07) is 12.7. The van der Waals surface area contributed by atoms with Gasteiger partial charge in [-0.15, -0.1) is 0 Å². The topological polar surface area (TPSA) is 71.7 Å². The van der Waals surface area contributed by atoms with Gasteiger partial charge in [-0.1, -0.05) is 35.3 Å². The number of rotatable bonds is 7. The Morgan fingerprint density at radius 2 is 1.74 bits per heavy atom. The van der Waals surface area contributed by atoms with Gasteiger partial charge in [0.15, 0.2) is 11.6 Å². The second-order valence-corrected chi connectivity index (χ2v) is 10.7. The van der Waals surface area contributed by atoms with Gasteiger partial charge in [0.05, 0.1) is 11.6 Å². The fraction of sp³-hybridized carbons (Fsp3) is 0.379. The fourth-order valence-electron chi connectivity index (χ4n) is 5.32. The molecule has 3 heterocycles. The van der Waals surface area contributed by atoms with Gasteiger partial charge in [0.2, 0.25) is 0 Å². The van der Waals surface area contributed by atoms with Gasteiger partial charge in [0.1, 0.15) is 5.82 Å². The highest BCUT2D eigenvalue weighted by molar-refractivity contribution is 6.36. The van der Waals surface area contributed by atoms with Crippen LogP contribution < -0.4 is 10.5 Å². The van der Waals surface area contributed by atoms with E-state index >= 15 is 0 Å². The minimum absolute atomic E-state index is 0.00783. The van der Waals surface area contributed by atoms with Crippen molar-refractivity contribution in [2.45, 2.75) is 38.1 Å². The van der Waals surface area contributed by atoms with Crippen LogP contribution in [0.2, 0.25) is 10.0 Å². The third-order valence-electron chi connectivity index (χ3n) is 7.50. The first-order valence-corrected chi connectivity index (χ1v) is 13.8. The smallest absolute Gasteiger partial charge is 0.253 e. The Balaban J connectivity index is 1.20. The van der Waals surface area contributed by atoms with Crippen LogP contribution in [-0.4, -0.2) is 59.5 Å². The van der Waals surface area contributed by atoms with Crippen molar-refractivity contribution in [2.75, 3.05) is 38.5 Å². The number of nitrogens with zero attached hydrogens (tertiary/aromatic N) is 3. The van der Waals surface area contributed by atoms with Crippen molar-refractivity contribution in [3.63, 3.8) is 0 Å². The van der Waals surface area contributed by atoms with E-state index in [1.807, 2.05) is 29.2 Å². The third-order valence-corrected chi connectivity index (χ3v) is 8.27. The van der Waals surface area contributed by atoms with Gasteiger partial charge >= 0.3 is 0 Å². The molecule has 0 saturated carbocycles. The van der Waals surface area contributed by atoms with Crippen LogP contribution in [0.3, 0.4) is 0 Å². The van der Waals surface area contributed by atoms with Crippen molar-refractivity contribution in [1.29, 1.82) is 0 Å². The van der Waals surface area contributed by atoms with Crippen LogP contribution >= 0.6 is 23.2 Å². The second kappa shape index (κ2) is 11.9. The zero-order chi connectivity index (χ0) is 26.6. The molecule has 2 aliphatic heterocycles. The SMILES string of the molecule is Nc1ncc(-c2ccc(C(=O)N3CCC(N4CCCC4)CC3)cc2)cc1OCCc1c(Cl)ccc(F)c1Cl. The number of hydrogen-bond acceptors (Lipinski definition) is 5. The van der Waals surface area contributed by atoms with E-state index in [0.717, 1.165) is 37.1 Å². The van der Waals surface area contributed by atoms with Crippen molar-refractivity contribution in [2.24, 2.45) is 0 Å². The molecule has 2 aromatic carbocycles. The number of piperidine rings is 1. The highest BCUT2D eigenvalue weighted by Gasteiger charge is 2.28. The number of nitrogen functional groups attached to an aromatic ring is 1. The molecule has 38 heavy (non-hydrogen) atoms. The fourth-order valence-corrected chi connectivity index (χ4v) is 5.88. The third kappa shape index (κ3) is 5.90. The Kier molecular flexibility index (Phi) is 8.36. The summed E-state index contributed by atoms with van der Waals surface area (Å²) in [6.45, 7) is 4.19. The molecule has 1 amide bonds. The van der Waals surface area contributed by atoms with Crippen LogP contribution in [0.5, 0.6) is 5.75 Å². The Bertz CT molecular complexity index is 1290. The summed E-state index contributed by atoms with van der Waals surface area (Å²) in [5.74, 6) is 0.203. The summed E-state index contributed by atoms with van der Waals surface area (Å²) < 4.78 is 19.6. The van der Waals surface area contributed by atoms with Crippen molar-refractivity contribution in [3.8, 4) is 16.9 Å². The molecule has 3 aromatic rings. The number of nitrogens with two attached hydrogens (primary N) is 1. The molecule has 200 valence electrons. The van der Waals surface area contributed by atoms with Crippen LogP contribution in [-0.2, 0) is 6.42 Å². The van der Waals surface area contributed by atoms with Gasteiger partial charge < -0.3 is 20.3 Å². The first kappa shape index (κ1) is 26.7. The number of carbonyl (C=O) groups excluding carboxylic acids is 1. The molecule has 0 spiro atoms. The maximum Gasteiger partial charge on any atom is 0.253 e. The van der Waals surface area contributed by atoms with Gasteiger partial charge in [-0.25, -0.2) is 9.37 Å². The average Bonchev–Trinajstić information content (AvgIpc) is 3.49. The van der Waals surface area contributed by atoms with Gasteiger partial charge in [-0.05, 0) is 80.2 Å². The molecule has 2 saturated heterocycles. The van der Waals surface area contributed by atoms with E-state index in [9.17, 15) is 9.18 Å². The number of aromatic nitrogens is 1. The van der Waals surface area contributed by atoms with E-state index in [-0.39, 0.29) is 23.4 Å². The van der Waals surface area contributed by atoms with E-state index in [1.54, 1.807) is 12.3 Å². The number of amides is 1. The number of likely N-dealkylation sites (tertiary alicyclic amines) is 2.